The van der Waals surface area contributed by atoms with Gasteiger partial charge < -0.3 is 4.90 Å². The summed E-state index contributed by atoms with van der Waals surface area (Å²) in [5, 5.41) is 2.69. The number of fused-ring (bicyclic) bond motifs is 1. The first kappa shape index (κ1) is 22.8. The summed E-state index contributed by atoms with van der Waals surface area (Å²) in [4.78, 5) is 35.4. The van der Waals surface area contributed by atoms with E-state index in [0.29, 0.717) is 24.1 Å². The third-order valence-corrected chi connectivity index (χ3v) is 5.83. The molecule has 0 atom stereocenters. The number of benzene rings is 2. The van der Waals surface area contributed by atoms with Crippen LogP contribution in [0.1, 0.15) is 37.5 Å². The molecule has 1 aromatic heterocycles. The maximum atomic E-state index is 12.8. The Morgan fingerprint density at radius 3 is 2.36 bits per heavy atom. The lowest BCUT2D eigenvalue weighted by Crippen LogP contribution is -2.36. The van der Waals surface area contributed by atoms with E-state index in [9.17, 15) is 22.8 Å². The molecule has 3 aromatic rings. The molecule has 1 aliphatic rings. The molecule has 0 bridgehead atoms. The normalized spacial score (nSPS) is 13.4. The first-order chi connectivity index (χ1) is 15.7. The molecule has 1 N–H and O–H groups in total. The first-order valence-corrected chi connectivity index (χ1v) is 10.9. The second-order valence-electron chi connectivity index (χ2n) is 7.53. The predicted octanol–water partition coefficient (Wildman–Crippen LogP) is 4.85. The Morgan fingerprint density at radius 1 is 1.03 bits per heavy atom. The van der Waals surface area contributed by atoms with E-state index in [-0.39, 0.29) is 41.0 Å². The van der Waals surface area contributed by atoms with Crippen molar-refractivity contribution in [3.05, 3.63) is 82.7 Å². The van der Waals surface area contributed by atoms with Gasteiger partial charge in [0.05, 0.1) is 5.69 Å². The number of aryl methyl sites for hydroxylation is 1. The Labute approximate surface area is 192 Å². The van der Waals surface area contributed by atoms with Crippen LogP contribution in [0, 0.1) is 6.92 Å². The summed E-state index contributed by atoms with van der Waals surface area (Å²) in [6.45, 7) is 2.61. The van der Waals surface area contributed by atoms with Gasteiger partial charge >= 0.3 is 5.51 Å². The van der Waals surface area contributed by atoms with Gasteiger partial charge in [0.1, 0.15) is 0 Å². The van der Waals surface area contributed by atoms with Gasteiger partial charge in [-0.3, -0.25) is 14.9 Å². The fourth-order valence-electron chi connectivity index (χ4n) is 3.41. The second kappa shape index (κ2) is 9.22. The van der Waals surface area contributed by atoms with Gasteiger partial charge in [-0.2, -0.15) is 13.2 Å². The van der Waals surface area contributed by atoms with Crippen LogP contribution in [0.5, 0.6) is 0 Å². The molecule has 10 heteroatoms. The Balaban J connectivity index is 1.41. The maximum absolute atomic E-state index is 12.8. The monoisotopic (exact) mass is 472 g/mol. The van der Waals surface area contributed by atoms with Crippen LogP contribution in [0.25, 0.3) is 0 Å². The number of halogens is 3. The van der Waals surface area contributed by atoms with Crippen molar-refractivity contribution in [1.29, 1.82) is 0 Å². The molecule has 2 aromatic carbocycles. The second-order valence-corrected chi connectivity index (χ2v) is 8.67. The van der Waals surface area contributed by atoms with Crippen LogP contribution in [0.3, 0.4) is 0 Å². The van der Waals surface area contributed by atoms with E-state index in [1.165, 1.54) is 24.3 Å². The highest BCUT2D eigenvalue weighted by molar-refractivity contribution is 8.00. The molecule has 0 saturated carbocycles. The van der Waals surface area contributed by atoms with E-state index in [0.717, 1.165) is 16.8 Å². The summed E-state index contributed by atoms with van der Waals surface area (Å²) in [5.74, 6) is -0.396. The summed E-state index contributed by atoms with van der Waals surface area (Å²) in [6.07, 6.45) is 2.05. The molecule has 0 aliphatic carbocycles. The lowest BCUT2D eigenvalue weighted by atomic mass is 10.1. The number of aromatic nitrogens is 2. The standard InChI is InChI=1S/C23H19F3N4O2S/c1-14-2-4-15(5-3-14)20(31)29-22-27-12-17-13-30(11-10-19(17)28-22)21(32)16-6-8-18(9-7-16)33-23(24,25)26/h2-9,12H,10-11,13H2,1H3,(H,27,28,29,31). The number of hydrogen-bond donors (Lipinski definition) is 1. The minimum Gasteiger partial charge on any atom is -0.334 e. The van der Waals surface area contributed by atoms with Gasteiger partial charge in [0.15, 0.2) is 0 Å². The van der Waals surface area contributed by atoms with Gasteiger partial charge in [-0.1, -0.05) is 17.7 Å². The number of carbonyl (C=O) groups excluding carboxylic acids is 2. The number of anilines is 1. The van der Waals surface area contributed by atoms with Crippen molar-refractivity contribution in [3.63, 3.8) is 0 Å². The molecule has 0 unspecified atom stereocenters. The topological polar surface area (TPSA) is 75.2 Å². The number of rotatable bonds is 4. The van der Waals surface area contributed by atoms with Crippen LogP contribution in [-0.2, 0) is 13.0 Å². The van der Waals surface area contributed by atoms with E-state index in [1.807, 2.05) is 19.1 Å². The summed E-state index contributed by atoms with van der Waals surface area (Å²) >= 11 is -0.219. The van der Waals surface area contributed by atoms with Gasteiger partial charge in [0.25, 0.3) is 11.8 Å². The van der Waals surface area contributed by atoms with E-state index >= 15 is 0 Å². The quantitative estimate of drug-likeness (QED) is 0.550. The fourth-order valence-corrected chi connectivity index (χ4v) is 3.95. The van der Waals surface area contributed by atoms with Crippen LogP contribution in [0.15, 0.2) is 59.6 Å². The average Bonchev–Trinajstić information content (AvgIpc) is 2.78. The van der Waals surface area contributed by atoms with E-state index < -0.39 is 5.51 Å². The number of thioether (sulfide) groups is 1. The van der Waals surface area contributed by atoms with Crippen LogP contribution < -0.4 is 5.32 Å². The average molecular weight is 472 g/mol. The van der Waals surface area contributed by atoms with Crippen molar-refractivity contribution in [1.82, 2.24) is 14.9 Å². The van der Waals surface area contributed by atoms with Crippen molar-refractivity contribution >= 4 is 29.5 Å². The molecule has 6 nitrogen and oxygen atoms in total. The number of nitrogens with one attached hydrogen (secondary N) is 1. The largest absolute Gasteiger partial charge is 0.446 e. The van der Waals surface area contributed by atoms with Gasteiger partial charge in [0.2, 0.25) is 5.95 Å². The molecule has 0 fully saturated rings. The Morgan fingerprint density at radius 2 is 1.70 bits per heavy atom. The van der Waals surface area contributed by atoms with Crippen LogP contribution in [0.2, 0.25) is 0 Å². The van der Waals surface area contributed by atoms with Crippen LogP contribution >= 0.6 is 11.8 Å². The number of carbonyl (C=O) groups is 2. The molecular weight excluding hydrogens is 453 g/mol. The number of amides is 2. The molecule has 33 heavy (non-hydrogen) atoms. The molecule has 0 saturated heterocycles. The van der Waals surface area contributed by atoms with Crippen molar-refractivity contribution in [2.24, 2.45) is 0 Å². The highest BCUT2D eigenvalue weighted by Gasteiger charge is 2.29. The Kier molecular flexibility index (Phi) is 6.37. The van der Waals surface area contributed by atoms with Crippen molar-refractivity contribution in [3.8, 4) is 0 Å². The smallest absolute Gasteiger partial charge is 0.334 e. The molecule has 0 radical (unpaired) electrons. The zero-order chi connectivity index (χ0) is 23.6. The van der Waals surface area contributed by atoms with Crippen molar-refractivity contribution in [2.75, 3.05) is 11.9 Å². The third-order valence-electron chi connectivity index (χ3n) is 5.10. The Hall–Kier alpha value is -3.40. The number of hydrogen-bond acceptors (Lipinski definition) is 5. The summed E-state index contributed by atoms with van der Waals surface area (Å²) < 4.78 is 37.5. The highest BCUT2D eigenvalue weighted by atomic mass is 32.2. The highest BCUT2D eigenvalue weighted by Crippen LogP contribution is 2.36. The number of nitrogens with zero attached hydrogens (tertiary/aromatic N) is 3. The zero-order valence-electron chi connectivity index (χ0n) is 17.5. The van der Waals surface area contributed by atoms with Gasteiger partial charge in [-0.25, -0.2) is 9.97 Å². The molecule has 170 valence electrons. The van der Waals surface area contributed by atoms with E-state index in [1.54, 1.807) is 23.2 Å². The third kappa shape index (κ3) is 5.70. The summed E-state index contributed by atoms with van der Waals surface area (Å²) in [7, 11) is 0. The summed E-state index contributed by atoms with van der Waals surface area (Å²) in [6, 6.07) is 12.5. The predicted molar refractivity (Wildman–Crippen MR) is 118 cm³/mol. The minimum absolute atomic E-state index is 0.0247. The molecule has 2 heterocycles. The van der Waals surface area contributed by atoms with E-state index in [4.69, 9.17) is 0 Å². The van der Waals surface area contributed by atoms with Crippen molar-refractivity contribution < 1.29 is 22.8 Å². The molecule has 0 spiro atoms. The number of alkyl halides is 3. The SMILES string of the molecule is Cc1ccc(C(=O)Nc2ncc3c(n2)CCN(C(=O)c2ccc(SC(F)(F)F)cc2)C3)cc1. The Bertz CT molecular complexity index is 1180. The van der Waals surface area contributed by atoms with Gasteiger partial charge in [-0.05, 0) is 55.1 Å². The van der Waals surface area contributed by atoms with E-state index in [2.05, 4.69) is 15.3 Å². The van der Waals surface area contributed by atoms with Crippen molar-refractivity contribution in [2.45, 2.75) is 30.3 Å². The van der Waals surface area contributed by atoms with Crippen LogP contribution in [0.4, 0.5) is 19.1 Å². The zero-order valence-corrected chi connectivity index (χ0v) is 18.3. The lowest BCUT2D eigenvalue weighted by molar-refractivity contribution is -0.0328. The molecular formula is C23H19F3N4O2S. The molecule has 1 aliphatic heterocycles. The molecule has 4 rings (SSSR count). The maximum Gasteiger partial charge on any atom is 0.446 e. The van der Waals surface area contributed by atoms with Crippen LogP contribution in [-0.4, -0.2) is 38.7 Å². The fraction of sp³-hybridized carbons (Fsp3) is 0.217. The molecule has 2 amide bonds. The van der Waals surface area contributed by atoms with Gasteiger partial charge in [0, 0.05) is 47.3 Å². The first-order valence-electron chi connectivity index (χ1n) is 10.1. The summed E-state index contributed by atoms with van der Waals surface area (Å²) in [5.41, 5.74) is -1.02. The van der Waals surface area contributed by atoms with Gasteiger partial charge in [-0.15, -0.1) is 0 Å². The minimum atomic E-state index is -4.37. The lowest BCUT2D eigenvalue weighted by Gasteiger charge is -2.28.